The summed E-state index contributed by atoms with van der Waals surface area (Å²) in [6, 6.07) is 9.46. The summed E-state index contributed by atoms with van der Waals surface area (Å²) in [5.74, 6) is 0.438. The molecule has 0 fully saturated rings. The number of halogens is 1. The van der Waals surface area contributed by atoms with Crippen molar-refractivity contribution in [3.05, 3.63) is 50.1 Å². The molecule has 0 spiro atoms. The fourth-order valence-electron chi connectivity index (χ4n) is 3.28. The Hall–Kier alpha value is -1.66. The number of benzene rings is 1. The number of carbonyl (C=O) groups excluding carboxylic acids is 2. The molecule has 0 saturated heterocycles. The average Bonchev–Trinajstić information content (AvgIpc) is 3.05. The number of aryl methyl sites for hydroxylation is 1. The van der Waals surface area contributed by atoms with E-state index in [0.717, 1.165) is 28.1 Å². The van der Waals surface area contributed by atoms with Crippen molar-refractivity contribution in [3.8, 4) is 0 Å². The number of carbonyl (C=O) groups is 2. The minimum atomic E-state index is -0.208. The number of nitrogens with one attached hydrogen (secondary N) is 1. The zero-order chi connectivity index (χ0) is 18.7. The number of rotatable bonds is 5. The third kappa shape index (κ3) is 4.35. The highest BCUT2D eigenvalue weighted by molar-refractivity contribution is 9.10. The van der Waals surface area contributed by atoms with Gasteiger partial charge in [-0.25, -0.2) is 0 Å². The van der Waals surface area contributed by atoms with Gasteiger partial charge in [-0.1, -0.05) is 25.5 Å². The van der Waals surface area contributed by atoms with Crippen LogP contribution < -0.4 is 5.32 Å². The Morgan fingerprint density at radius 2 is 2.12 bits per heavy atom. The summed E-state index contributed by atoms with van der Waals surface area (Å²) in [6.45, 7) is 2.26. The zero-order valence-corrected chi connectivity index (χ0v) is 17.5. The topological polar surface area (TPSA) is 49.4 Å². The summed E-state index contributed by atoms with van der Waals surface area (Å²) < 4.78 is 0.818. The van der Waals surface area contributed by atoms with Crippen LogP contribution >= 0.6 is 27.3 Å². The number of nitrogens with zero attached hydrogens (tertiary/aromatic N) is 1. The number of para-hydroxylation sites is 1. The van der Waals surface area contributed by atoms with Gasteiger partial charge in [-0.2, -0.15) is 0 Å². The van der Waals surface area contributed by atoms with Crippen molar-refractivity contribution >= 4 is 44.8 Å². The molecular weight excluding hydrogens is 412 g/mol. The van der Waals surface area contributed by atoms with Gasteiger partial charge in [0.2, 0.25) is 5.91 Å². The third-order valence-electron chi connectivity index (χ3n) is 4.85. The molecule has 138 valence electrons. The summed E-state index contributed by atoms with van der Waals surface area (Å²) >= 11 is 4.99. The molecule has 1 aliphatic rings. The minimum Gasteiger partial charge on any atom is -0.332 e. The van der Waals surface area contributed by atoms with Crippen molar-refractivity contribution < 1.29 is 9.59 Å². The van der Waals surface area contributed by atoms with Crippen LogP contribution in [0.1, 0.15) is 39.9 Å². The van der Waals surface area contributed by atoms with Crippen LogP contribution in [0.25, 0.3) is 0 Å². The van der Waals surface area contributed by atoms with E-state index in [1.807, 2.05) is 30.3 Å². The molecule has 4 nitrogen and oxygen atoms in total. The predicted octanol–water partition coefficient (Wildman–Crippen LogP) is 4.74. The van der Waals surface area contributed by atoms with Gasteiger partial charge >= 0.3 is 0 Å². The fourth-order valence-corrected chi connectivity index (χ4v) is 4.87. The van der Waals surface area contributed by atoms with Gasteiger partial charge in [0.15, 0.2) is 0 Å². The summed E-state index contributed by atoms with van der Waals surface area (Å²) in [5.41, 5.74) is 2.03. The van der Waals surface area contributed by atoms with Gasteiger partial charge in [-0.15, -0.1) is 11.3 Å². The monoisotopic (exact) mass is 434 g/mol. The van der Waals surface area contributed by atoms with Crippen LogP contribution in [0.4, 0.5) is 5.69 Å². The molecule has 1 aromatic heterocycles. The Morgan fingerprint density at radius 3 is 2.85 bits per heavy atom. The van der Waals surface area contributed by atoms with Crippen molar-refractivity contribution in [1.82, 2.24) is 4.90 Å². The molecule has 6 heteroatoms. The van der Waals surface area contributed by atoms with E-state index in [1.165, 1.54) is 28.2 Å². The van der Waals surface area contributed by atoms with Gasteiger partial charge in [0.1, 0.15) is 0 Å². The molecule has 1 heterocycles. The van der Waals surface area contributed by atoms with Gasteiger partial charge in [0, 0.05) is 16.4 Å². The quantitative estimate of drug-likeness (QED) is 0.738. The van der Waals surface area contributed by atoms with Gasteiger partial charge in [0.25, 0.3) is 5.91 Å². The molecule has 1 N–H and O–H groups in total. The Balaban J connectivity index is 1.62. The highest BCUT2D eigenvalue weighted by Crippen LogP contribution is 2.34. The van der Waals surface area contributed by atoms with Crippen molar-refractivity contribution in [2.75, 3.05) is 18.9 Å². The number of likely N-dealkylation sites (N-methyl/N-ethyl adjacent to an activating group) is 1. The van der Waals surface area contributed by atoms with Crippen molar-refractivity contribution in [2.24, 2.45) is 5.92 Å². The molecule has 26 heavy (non-hydrogen) atoms. The highest BCUT2D eigenvalue weighted by atomic mass is 79.9. The van der Waals surface area contributed by atoms with Crippen LogP contribution in [0.5, 0.6) is 0 Å². The summed E-state index contributed by atoms with van der Waals surface area (Å²) in [5, 5.41) is 2.83. The van der Waals surface area contributed by atoms with Crippen LogP contribution in [0.2, 0.25) is 0 Å². The number of hydrogen-bond acceptors (Lipinski definition) is 3. The summed E-state index contributed by atoms with van der Waals surface area (Å²) in [6.07, 6.45) is 4.54. The molecule has 0 aliphatic heterocycles. The Morgan fingerprint density at radius 1 is 1.35 bits per heavy atom. The predicted molar refractivity (Wildman–Crippen MR) is 110 cm³/mol. The Bertz CT molecular complexity index is 818. The molecule has 1 atom stereocenters. The Labute approximate surface area is 166 Å². The van der Waals surface area contributed by atoms with Crippen LogP contribution in [-0.4, -0.2) is 30.3 Å². The zero-order valence-electron chi connectivity index (χ0n) is 15.0. The third-order valence-corrected chi connectivity index (χ3v) is 6.77. The van der Waals surface area contributed by atoms with Crippen LogP contribution in [0.3, 0.4) is 0 Å². The van der Waals surface area contributed by atoms with Crippen LogP contribution in [0, 0.1) is 5.92 Å². The first kappa shape index (κ1) is 19.1. The van der Waals surface area contributed by atoms with E-state index < -0.39 is 0 Å². The van der Waals surface area contributed by atoms with Gasteiger partial charge in [0.05, 0.1) is 17.1 Å². The first-order valence-corrected chi connectivity index (χ1v) is 10.5. The smallest absolute Gasteiger partial charge is 0.264 e. The normalized spacial score (nSPS) is 16.0. The second-order valence-corrected chi connectivity index (χ2v) is 8.76. The molecule has 2 amide bonds. The first-order valence-electron chi connectivity index (χ1n) is 8.89. The van der Waals surface area contributed by atoms with E-state index >= 15 is 0 Å². The van der Waals surface area contributed by atoms with Crippen molar-refractivity contribution in [3.63, 3.8) is 0 Å². The maximum atomic E-state index is 12.7. The molecule has 3 rings (SSSR count). The van der Waals surface area contributed by atoms with Crippen molar-refractivity contribution in [2.45, 2.75) is 32.6 Å². The van der Waals surface area contributed by atoms with E-state index in [4.69, 9.17) is 0 Å². The second kappa shape index (κ2) is 8.35. The standard InChI is InChI=1S/C20H23BrN2O2S/c1-3-13-8-9-17-14(10-13)11-18(26-17)20(25)23(2)12-19(24)22-16-7-5-4-6-15(16)21/h4-7,11,13H,3,8-10,12H2,1-2H3,(H,22,24). The minimum absolute atomic E-state index is 0.0281. The Kier molecular flexibility index (Phi) is 6.14. The van der Waals surface area contributed by atoms with Gasteiger partial charge < -0.3 is 10.2 Å². The molecule has 0 saturated carbocycles. The van der Waals surface area contributed by atoms with Gasteiger partial charge in [-0.05, 0) is 64.9 Å². The maximum Gasteiger partial charge on any atom is 0.264 e. The maximum absolute atomic E-state index is 12.7. The molecular formula is C20H23BrN2O2S. The highest BCUT2D eigenvalue weighted by Gasteiger charge is 2.24. The molecule has 2 aromatic rings. The molecule has 0 bridgehead atoms. The molecule has 0 radical (unpaired) electrons. The summed E-state index contributed by atoms with van der Waals surface area (Å²) in [7, 11) is 1.68. The molecule has 1 unspecified atom stereocenters. The summed E-state index contributed by atoms with van der Waals surface area (Å²) in [4.78, 5) is 28.5. The first-order chi connectivity index (χ1) is 12.5. The van der Waals surface area contributed by atoms with E-state index in [9.17, 15) is 9.59 Å². The van der Waals surface area contributed by atoms with E-state index in [-0.39, 0.29) is 18.4 Å². The number of thiophene rings is 1. The van der Waals surface area contributed by atoms with Crippen molar-refractivity contribution in [1.29, 1.82) is 0 Å². The molecule has 1 aromatic carbocycles. The van der Waals surface area contributed by atoms with Gasteiger partial charge in [-0.3, -0.25) is 9.59 Å². The lowest BCUT2D eigenvalue weighted by Crippen LogP contribution is -2.34. The fraction of sp³-hybridized carbons (Fsp3) is 0.400. The van der Waals surface area contributed by atoms with Crippen LogP contribution in [-0.2, 0) is 17.6 Å². The molecule has 1 aliphatic carbocycles. The van der Waals surface area contributed by atoms with E-state index in [1.54, 1.807) is 18.4 Å². The lowest BCUT2D eigenvalue weighted by Gasteiger charge is -2.19. The SMILES string of the molecule is CCC1CCc2sc(C(=O)N(C)CC(=O)Nc3ccccc3Br)cc2C1. The second-order valence-electron chi connectivity index (χ2n) is 6.77. The largest absolute Gasteiger partial charge is 0.332 e. The number of hydrogen-bond donors (Lipinski definition) is 1. The van der Waals surface area contributed by atoms with Crippen LogP contribution in [0.15, 0.2) is 34.8 Å². The number of anilines is 1. The average molecular weight is 435 g/mol. The lowest BCUT2D eigenvalue weighted by atomic mass is 9.87. The van der Waals surface area contributed by atoms with E-state index in [0.29, 0.717) is 5.69 Å². The van der Waals surface area contributed by atoms with E-state index in [2.05, 4.69) is 28.2 Å². The number of amides is 2. The lowest BCUT2D eigenvalue weighted by molar-refractivity contribution is -0.116. The number of fused-ring (bicyclic) bond motifs is 1.